The largest absolute Gasteiger partial charge is 0.313 e. The molecule has 3 rings (SSSR count). The van der Waals surface area contributed by atoms with Crippen molar-refractivity contribution in [3.8, 4) is 11.3 Å². The number of hydrogen-bond acceptors (Lipinski definition) is 2. The Morgan fingerprint density at radius 1 is 0.857 bits per heavy atom. The molecule has 0 aliphatic heterocycles. The zero-order valence-electron chi connectivity index (χ0n) is 17.8. The van der Waals surface area contributed by atoms with Gasteiger partial charge in [0.05, 0.1) is 5.69 Å². The Hall–Kier alpha value is -2.45. The molecule has 1 N–H and O–H groups in total. The summed E-state index contributed by atoms with van der Waals surface area (Å²) in [5.41, 5.74) is 5.25. The van der Waals surface area contributed by atoms with E-state index in [1.807, 2.05) is 42.6 Å². The van der Waals surface area contributed by atoms with E-state index in [1.165, 1.54) is 24.0 Å². The summed E-state index contributed by atoms with van der Waals surface area (Å²) in [7, 11) is 0. The number of nitrogens with zero attached hydrogens (tertiary/aromatic N) is 1. The van der Waals surface area contributed by atoms with Crippen molar-refractivity contribution in [2.75, 3.05) is 6.54 Å². The highest BCUT2D eigenvalue weighted by Gasteiger charge is 2.13. The highest BCUT2D eigenvalue weighted by Crippen LogP contribution is 2.22. The second kappa shape index (κ2) is 11.4. The third kappa shape index (κ3) is 7.66. The lowest BCUT2D eigenvalue weighted by Gasteiger charge is -2.19. The van der Waals surface area contributed by atoms with Crippen LogP contribution in [0.4, 0.5) is 0 Å². The number of pyridine rings is 1. The van der Waals surface area contributed by atoms with E-state index >= 15 is 0 Å². The van der Waals surface area contributed by atoms with Gasteiger partial charge in [-0.25, -0.2) is 0 Å². The Bertz CT molecular complexity index is 752. The fourth-order valence-corrected chi connectivity index (χ4v) is 2.82. The number of benzene rings is 2. The second-order valence-electron chi connectivity index (χ2n) is 8.06. The van der Waals surface area contributed by atoms with Crippen LogP contribution < -0.4 is 5.32 Å². The van der Waals surface area contributed by atoms with E-state index in [0.717, 1.165) is 24.3 Å². The Morgan fingerprint density at radius 3 is 2.25 bits per heavy atom. The van der Waals surface area contributed by atoms with Crippen molar-refractivity contribution in [3.63, 3.8) is 0 Å². The van der Waals surface area contributed by atoms with E-state index < -0.39 is 0 Å². The molecular weight excluding hydrogens is 340 g/mol. The molecule has 2 heteroatoms. The lowest BCUT2D eigenvalue weighted by atomic mass is 9.86. The molecule has 0 spiro atoms. The fraction of sp³-hybridized carbons (Fsp3) is 0.346. The van der Waals surface area contributed by atoms with Crippen molar-refractivity contribution in [1.82, 2.24) is 10.3 Å². The average Bonchev–Trinajstić information content (AvgIpc) is 2.73. The zero-order chi connectivity index (χ0) is 20.2. The van der Waals surface area contributed by atoms with Crippen molar-refractivity contribution >= 4 is 0 Å². The quantitative estimate of drug-likeness (QED) is 0.490. The number of aromatic nitrogens is 1. The summed E-state index contributed by atoms with van der Waals surface area (Å²) in [6.45, 7) is 11.1. The summed E-state index contributed by atoms with van der Waals surface area (Å²) in [6.07, 6.45) is 4.33. The number of hydrogen-bond donors (Lipinski definition) is 1. The van der Waals surface area contributed by atoms with Gasteiger partial charge in [0, 0.05) is 18.3 Å². The van der Waals surface area contributed by atoms with Gasteiger partial charge in [0.1, 0.15) is 0 Å². The molecule has 0 bridgehead atoms. The van der Waals surface area contributed by atoms with Gasteiger partial charge in [-0.2, -0.15) is 0 Å². The highest BCUT2D eigenvalue weighted by molar-refractivity contribution is 5.58. The van der Waals surface area contributed by atoms with Crippen LogP contribution in [0.1, 0.15) is 51.7 Å². The van der Waals surface area contributed by atoms with Crippen molar-refractivity contribution in [2.45, 2.75) is 52.5 Å². The van der Waals surface area contributed by atoms with Crippen LogP contribution in [0.5, 0.6) is 0 Å². The summed E-state index contributed by atoms with van der Waals surface area (Å²) in [6, 6.07) is 25.0. The Morgan fingerprint density at radius 2 is 1.61 bits per heavy atom. The van der Waals surface area contributed by atoms with Crippen LogP contribution in [0.3, 0.4) is 0 Å². The molecule has 0 fully saturated rings. The van der Waals surface area contributed by atoms with Crippen LogP contribution in [0.25, 0.3) is 11.3 Å². The van der Waals surface area contributed by atoms with Gasteiger partial charge < -0.3 is 5.32 Å². The molecule has 0 unspecified atom stereocenters. The number of rotatable bonds is 6. The molecule has 28 heavy (non-hydrogen) atoms. The molecular formula is C26H34N2. The molecule has 0 saturated heterocycles. The van der Waals surface area contributed by atoms with Crippen LogP contribution in [-0.4, -0.2) is 11.5 Å². The van der Waals surface area contributed by atoms with E-state index in [4.69, 9.17) is 0 Å². The maximum absolute atomic E-state index is 4.25. The summed E-state index contributed by atoms with van der Waals surface area (Å²) in [5, 5.41) is 3.48. The van der Waals surface area contributed by atoms with Gasteiger partial charge in [0.25, 0.3) is 0 Å². The lowest BCUT2D eigenvalue weighted by molar-refractivity contribution is 0.587. The molecule has 0 aliphatic carbocycles. The SMILES string of the molecule is CCCCNCc1cccc(C(C)(C)C)c1.c1ccc(-c2ccccn2)cc1. The molecule has 2 nitrogen and oxygen atoms in total. The van der Waals surface area contributed by atoms with Gasteiger partial charge in [0.15, 0.2) is 0 Å². The number of nitrogens with one attached hydrogen (secondary N) is 1. The first kappa shape index (κ1) is 21.8. The maximum Gasteiger partial charge on any atom is 0.0701 e. The topological polar surface area (TPSA) is 24.9 Å². The van der Waals surface area contributed by atoms with E-state index in [9.17, 15) is 0 Å². The minimum atomic E-state index is 0.249. The molecule has 0 saturated carbocycles. The highest BCUT2D eigenvalue weighted by atomic mass is 14.8. The van der Waals surface area contributed by atoms with Crippen molar-refractivity contribution in [2.24, 2.45) is 0 Å². The molecule has 148 valence electrons. The van der Waals surface area contributed by atoms with Crippen LogP contribution in [0, 0.1) is 0 Å². The molecule has 1 heterocycles. The second-order valence-corrected chi connectivity index (χ2v) is 8.06. The van der Waals surface area contributed by atoms with Crippen LogP contribution >= 0.6 is 0 Å². The fourth-order valence-electron chi connectivity index (χ4n) is 2.82. The van der Waals surface area contributed by atoms with Crippen molar-refractivity contribution < 1.29 is 0 Å². The normalized spacial score (nSPS) is 10.9. The van der Waals surface area contributed by atoms with Crippen LogP contribution in [0.2, 0.25) is 0 Å². The number of unbranched alkanes of at least 4 members (excludes halogenated alkanes) is 1. The average molecular weight is 375 g/mol. The molecule has 0 atom stereocenters. The van der Waals surface area contributed by atoms with Crippen LogP contribution in [-0.2, 0) is 12.0 Å². The van der Waals surface area contributed by atoms with Crippen LogP contribution in [0.15, 0.2) is 79.0 Å². The van der Waals surface area contributed by atoms with Gasteiger partial charge in [0.2, 0.25) is 0 Å². The zero-order valence-corrected chi connectivity index (χ0v) is 17.8. The minimum absolute atomic E-state index is 0.249. The molecule has 2 aromatic carbocycles. The summed E-state index contributed by atoms with van der Waals surface area (Å²) >= 11 is 0. The first-order valence-corrected chi connectivity index (χ1v) is 10.3. The first-order chi connectivity index (χ1) is 13.5. The summed E-state index contributed by atoms with van der Waals surface area (Å²) < 4.78 is 0. The Labute approximate surface area is 171 Å². The van der Waals surface area contributed by atoms with Crippen molar-refractivity contribution in [1.29, 1.82) is 0 Å². The predicted octanol–water partition coefficient (Wildman–Crippen LogP) is 6.62. The third-order valence-corrected chi connectivity index (χ3v) is 4.56. The monoisotopic (exact) mass is 374 g/mol. The third-order valence-electron chi connectivity index (χ3n) is 4.56. The first-order valence-electron chi connectivity index (χ1n) is 10.3. The summed E-state index contributed by atoms with van der Waals surface area (Å²) in [5.74, 6) is 0. The van der Waals surface area contributed by atoms with E-state index in [0.29, 0.717) is 0 Å². The smallest absolute Gasteiger partial charge is 0.0701 e. The van der Waals surface area contributed by atoms with Gasteiger partial charge in [-0.3, -0.25) is 4.98 Å². The van der Waals surface area contributed by atoms with Crippen molar-refractivity contribution in [3.05, 3.63) is 90.1 Å². The van der Waals surface area contributed by atoms with Gasteiger partial charge in [-0.1, -0.05) is 94.8 Å². The minimum Gasteiger partial charge on any atom is -0.313 e. The Balaban J connectivity index is 0.000000207. The lowest BCUT2D eigenvalue weighted by Crippen LogP contribution is -2.16. The van der Waals surface area contributed by atoms with Gasteiger partial charge >= 0.3 is 0 Å². The van der Waals surface area contributed by atoms with E-state index in [1.54, 1.807) is 0 Å². The molecule has 0 aliphatic rings. The molecule has 3 aromatic rings. The van der Waals surface area contributed by atoms with E-state index in [2.05, 4.69) is 74.4 Å². The Kier molecular flexibility index (Phi) is 8.90. The summed E-state index contributed by atoms with van der Waals surface area (Å²) in [4.78, 5) is 4.25. The molecule has 1 aromatic heterocycles. The maximum atomic E-state index is 4.25. The standard InChI is InChI=1S/C15H25N.C11H9N/c1-5-6-10-16-12-13-8-7-9-14(11-13)15(2,3)4;1-2-6-10(7-3-1)11-8-4-5-9-12-11/h7-9,11,16H,5-6,10,12H2,1-4H3;1-9H. The molecule has 0 radical (unpaired) electrons. The van der Waals surface area contributed by atoms with Gasteiger partial charge in [-0.15, -0.1) is 0 Å². The van der Waals surface area contributed by atoms with Gasteiger partial charge in [-0.05, 0) is 41.6 Å². The predicted molar refractivity (Wildman–Crippen MR) is 121 cm³/mol. The van der Waals surface area contributed by atoms with E-state index in [-0.39, 0.29) is 5.41 Å². The molecule has 0 amide bonds.